The van der Waals surface area contributed by atoms with E-state index in [1.54, 1.807) is 6.07 Å². The Kier molecular flexibility index (Phi) is 3.17. The molecule has 104 valence electrons. The molecule has 0 fully saturated rings. The molecule has 0 spiro atoms. The van der Waals surface area contributed by atoms with Gasteiger partial charge in [0.25, 0.3) is 0 Å². The van der Waals surface area contributed by atoms with E-state index in [1.165, 1.54) is 12.1 Å². The lowest BCUT2D eigenvalue weighted by Gasteiger charge is -2.38. The first kappa shape index (κ1) is 14.0. The monoisotopic (exact) mass is 263 g/mol. The number of fused-ring (bicyclic) bond motifs is 1. The van der Waals surface area contributed by atoms with Crippen molar-refractivity contribution in [1.29, 1.82) is 0 Å². The van der Waals surface area contributed by atoms with Crippen molar-refractivity contribution in [2.24, 2.45) is 5.73 Å². The van der Waals surface area contributed by atoms with Crippen molar-refractivity contribution >= 4 is 11.0 Å². The number of aryl methyl sites for hydroxylation is 1. The summed E-state index contributed by atoms with van der Waals surface area (Å²) in [4.78, 5) is 4.68. The molecule has 3 nitrogen and oxygen atoms in total. The molecule has 2 rings (SSSR count). The molecule has 0 saturated carbocycles. The molecular formula is C15H22FN3. The number of aromatic nitrogens is 2. The maximum absolute atomic E-state index is 13.4. The number of nitrogens with two attached hydrogens (primary N) is 1. The zero-order valence-electron chi connectivity index (χ0n) is 12.3. The lowest BCUT2D eigenvalue weighted by Crippen LogP contribution is -2.51. The molecule has 0 amide bonds. The van der Waals surface area contributed by atoms with Gasteiger partial charge in [0, 0.05) is 17.5 Å². The minimum absolute atomic E-state index is 0.238. The third-order valence-electron chi connectivity index (χ3n) is 4.20. The number of halogens is 1. The van der Waals surface area contributed by atoms with Gasteiger partial charge in [0.2, 0.25) is 0 Å². The van der Waals surface area contributed by atoms with Gasteiger partial charge in [-0.15, -0.1) is 0 Å². The van der Waals surface area contributed by atoms with Crippen LogP contribution in [0.15, 0.2) is 18.2 Å². The third-order valence-corrected chi connectivity index (χ3v) is 4.20. The predicted molar refractivity (Wildman–Crippen MR) is 76.7 cm³/mol. The van der Waals surface area contributed by atoms with Crippen LogP contribution in [0.3, 0.4) is 0 Å². The van der Waals surface area contributed by atoms with Gasteiger partial charge in [-0.05, 0) is 39.0 Å². The van der Waals surface area contributed by atoms with E-state index in [2.05, 4.69) is 18.8 Å². The summed E-state index contributed by atoms with van der Waals surface area (Å²) in [6, 6.07) is 4.70. The van der Waals surface area contributed by atoms with E-state index >= 15 is 0 Å². The molecule has 0 unspecified atom stereocenters. The molecule has 0 aliphatic carbocycles. The van der Waals surface area contributed by atoms with Crippen LogP contribution < -0.4 is 5.73 Å². The van der Waals surface area contributed by atoms with Crippen molar-refractivity contribution in [3.63, 3.8) is 0 Å². The van der Waals surface area contributed by atoms with Crippen molar-refractivity contribution < 1.29 is 4.39 Å². The Morgan fingerprint density at radius 2 is 1.89 bits per heavy atom. The fourth-order valence-corrected chi connectivity index (χ4v) is 2.18. The fourth-order valence-electron chi connectivity index (χ4n) is 2.18. The van der Waals surface area contributed by atoms with Gasteiger partial charge in [0.05, 0.1) is 11.0 Å². The van der Waals surface area contributed by atoms with Gasteiger partial charge in [0.1, 0.15) is 11.6 Å². The Labute approximate surface area is 113 Å². The molecule has 0 radical (unpaired) electrons. The molecule has 0 aliphatic heterocycles. The first-order valence-corrected chi connectivity index (χ1v) is 6.63. The molecule has 0 aliphatic rings. The Morgan fingerprint density at radius 1 is 1.26 bits per heavy atom. The highest BCUT2D eigenvalue weighted by Crippen LogP contribution is 2.34. The zero-order valence-corrected chi connectivity index (χ0v) is 12.3. The molecule has 1 aromatic heterocycles. The van der Waals surface area contributed by atoms with Crippen LogP contribution in [0.5, 0.6) is 0 Å². The summed E-state index contributed by atoms with van der Waals surface area (Å²) in [6.07, 6.45) is 0. The van der Waals surface area contributed by atoms with Gasteiger partial charge in [-0.2, -0.15) is 0 Å². The summed E-state index contributed by atoms with van der Waals surface area (Å²) in [7, 11) is 0. The smallest absolute Gasteiger partial charge is 0.125 e. The van der Waals surface area contributed by atoms with Crippen LogP contribution in [0.4, 0.5) is 4.39 Å². The van der Waals surface area contributed by atoms with E-state index in [-0.39, 0.29) is 11.2 Å². The number of hydrogen-bond donors (Lipinski definition) is 1. The standard InChI is InChI=1S/C15H22FN3/c1-6-19-12-9-10(16)7-8-11(12)18-13(19)14(2,3)15(4,5)17/h7-9H,6,17H2,1-5H3. The molecule has 0 bridgehead atoms. The van der Waals surface area contributed by atoms with Gasteiger partial charge >= 0.3 is 0 Å². The molecular weight excluding hydrogens is 241 g/mol. The van der Waals surface area contributed by atoms with Crippen molar-refractivity contribution in [1.82, 2.24) is 9.55 Å². The highest BCUT2D eigenvalue weighted by molar-refractivity contribution is 5.76. The van der Waals surface area contributed by atoms with Crippen LogP contribution in [0, 0.1) is 5.82 Å². The third kappa shape index (κ3) is 2.14. The summed E-state index contributed by atoms with van der Waals surface area (Å²) >= 11 is 0. The minimum atomic E-state index is -0.417. The van der Waals surface area contributed by atoms with Crippen molar-refractivity contribution in [2.45, 2.75) is 52.1 Å². The van der Waals surface area contributed by atoms with E-state index < -0.39 is 5.54 Å². The average molecular weight is 263 g/mol. The molecule has 19 heavy (non-hydrogen) atoms. The van der Waals surface area contributed by atoms with Crippen LogP contribution in [0.25, 0.3) is 11.0 Å². The van der Waals surface area contributed by atoms with Crippen molar-refractivity contribution in [3.8, 4) is 0 Å². The maximum Gasteiger partial charge on any atom is 0.125 e. The van der Waals surface area contributed by atoms with E-state index in [9.17, 15) is 4.39 Å². The second kappa shape index (κ2) is 4.30. The highest BCUT2D eigenvalue weighted by atomic mass is 19.1. The van der Waals surface area contributed by atoms with E-state index in [0.29, 0.717) is 0 Å². The Bertz CT molecular complexity index is 606. The first-order chi connectivity index (χ1) is 8.68. The lowest BCUT2D eigenvalue weighted by molar-refractivity contribution is 0.283. The normalized spacial score (nSPS) is 13.2. The van der Waals surface area contributed by atoms with Crippen LogP contribution in [0.1, 0.15) is 40.4 Å². The van der Waals surface area contributed by atoms with Gasteiger partial charge in [-0.25, -0.2) is 9.37 Å². The summed E-state index contributed by atoms with van der Waals surface area (Å²) in [5.74, 6) is 0.668. The Morgan fingerprint density at radius 3 is 2.42 bits per heavy atom. The topological polar surface area (TPSA) is 43.8 Å². The molecule has 2 N–H and O–H groups in total. The fraction of sp³-hybridized carbons (Fsp3) is 0.533. The van der Waals surface area contributed by atoms with Crippen LogP contribution in [-0.4, -0.2) is 15.1 Å². The van der Waals surface area contributed by atoms with E-state index in [0.717, 1.165) is 23.4 Å². The summed E-state index contributed by atoms with van der Waals surface area (Å²) in [5, 5.41) is 0. The van der Waals surface area contributed by atoms with Crippen molar-refractivity contribution in [2.75, 3.05) is 0 Å². The number of imidazole rings is 1. The number of rotatable bonds is 3. The zero-order chi connectivity index (χ0) is 14.4. The molecule has 1 aromatic carbocycles. The van der Waals surface area contributed by atoms with Gasteiger partial charge in [-0.3, -0.25) is 0 Å². The summed E-state index contributed by atoms with van der Waals surface area (Å²) in [5.41, 5.74) is 7.21. The first-order valence-electron chi connectivity index (χ1n) is 6.63. The number of nitrogens with zero attached hydrogens (tertiary/aromatic N) is 2. The average Bonchev–Trinajstić information content (AvgIpc) is 2.65. The second-order valence-electron chi connectivity index (χ2n) is 6.16. The molecule has 2 aromatic rings. The molecule has 0 atom stereocenters. The lowest BCUT2D eigenvalue weighted by atomic mass is 9.74. The number of hydrogen-bond acceptors (Lipinski definition) is 2. The summed E-state index contributed by atoms with van der Waals surface area (Å²) < 4.78 is 15.5. The minimum Gasteiger partial charge on any atom is -0.328 e. The van der Waals surface area contributed by atoms with Gasteiger partial charge < -0.3 is 10.3 Å². The molecule has 1 heterocycles. The van der Waals surface area contributed by atoms with Crippen LogP contribution in [-0.2, 0) is 12.0 Å². The molecule has 4 heteroatoms. The second-order valence-corrected chi connectivity index (χ2v) is 6.16. The van der Waals surface area contributed by atoms with Gasteiger partial charge in [0.15, 0.2) is 0 Å². The SMILES string of the molecule is CCn1c(C(C)(C)C(C)(C)N)nc2ccc(F)cc21. The summed E-state index contributed by atoms with van der Waals surface area (Å²) in [6.45, 7) is 10.9. The quantitative estimate of drug-likeness (QED) is 0.924. The molecule has 0 saturated heterocycles. The maximum atomic E-state index is 13.4. The highest BCUT2D eigenvalue weighted by Gasteiger charge is 2.39. The number of benzene rings is 1. The van der Waals surface area contributed by atoms with Crippen LogP contribution >= 0.6 is 0 Å². The van der Waals surface area contributed by atoms with Gasteiger partial charge in [-0.1, -0.05) is 13.8 Å². The predicted octanol–water partition coefficient (Wildman–Crippen LogP) is 3.21. The Balaban J connectivity index is 2.74. The largest absolute Gasteiger partial charge is 0.328 e. The van der Waals surface area contributed by atoms with Crippen molar-refractivity contribution in [3.05, 3.63) is 29.8 Å². The van der Waals surface area contributed by atoms with E-state index in [1.807, 2.05) is 25.3 Å². The van der Waals surface area contributed by atoms with E-state index in [4.69, 9.17) is 5.73 Å². The van der Waals surface area contributed by atoms with Crippen LogP contribution in [0.2, 0.25) is 0 Å². The Hall–Kier alpha value is -1.42.